The standard InChI is InChI=1S/C17H21FN2/c1-3-10-20-17(15-8-6-11-19-13(15)2)12-14-7-4-5-9-16(14)18/h4-9,11,17,20H,3,10,12H2,1-2H3. The van der Waals surface area contributed by atoms with Gasteiger partial charge in [-0.1, -0.05) is 31.2 Å². The van der Waals surface area contributed by atoms with Crippen LogP contribution in [0.25, 0.3) is 0 Å². The molecule has 0 bridgehead atoms. The summed E-state index contributed by atoms with van der Waals surface area (Å²) in [5.41, 5.74) is 2.88. The second-order valence-electron chi connectivity index (χ2n) is 4.98. The number of aryl methyl sites for hydroxylation is 1. The van der Waals surface area contributed by atoms with Gasteiger partial charge in [-0.25, -0.2) is 4.39 Å². The van der Waals surface area contributed by atoms with Crippen LogP contribution in [0.4, 0.5) is 4.39 Å². The maximum Gasteiger partial charge on any atom is 0.126 e. The third kappa shape index (κ3) is 3.64. The molecule has 0 fully saturated rings. The molecule has 1 unspecified atom stereocenters. The highest BCUT2D eigenvalue weighted by Crippen LogP contribution is 2.22. The molecular weight excluding hydrogens is 251 g/mol. The number of nitrogens with zero attached hydrogens (tertiary/aromatic N) is 1. The first-order valence-electron chi connectivity index (χ1n) is 7.10. The van der Waals surface area contributed by atoms with Gasteiger partial charge in [-0.15, -0.1) is 0 Å². The van der Waals surface area contributed by atoms with Crippen LogP contribution in [-0.4, -0.2) is 11.5 Å². The van der Waals surface area contributed by atoms with Crippen molar-refractivity contribution in [3.8, 4) is 0 Å². The van der Waals surface area contributed by atoms with Gasteiger partial charge >= 0.3 is 0 Å². The molecule has 0 aliphatic rings. The van der Waals surface area contributed by atoms with E-state index in [1.54, 1.807) is 12.3 Å². The van der Waals surface area contributed by atoms with Gasteiger partial charge in [-0.3, -0.25) is 4.98 Å². The van der Waals surface area contributed by atoms with Gasteiger partial charge in [0.1, 0.15) is 5.82 Å². The van der Waals surface area contributed by atoms with Crippen molar-refractivity contribution in [3.63, 3.8) is 0 Å². The third-order valence-electron chi connectivity index (χ3n) is 3.45. The number of pyridine rings is 1. The number of benzene rings is 1. The molecule has 2 aromatic rings. The van der Waals surface area contributed by atoms with E-state index in [0.717, 1.165) is 29.8 Å². The van der Waals surface area contributed by atoms with Crippen LogP contribution in [-0.2, 0) is 6.42 Å². The van der Waals surface area contributed by atoms with Gasteiger partial charge < -0.3 is 5.32 Å². The summed E-state index contributed by atoms with van der Waals surface area (Å²) in [7, 11) is 0. The fourth-order valence-electron chi connectivity index (χ4n) is 2.36. The van der Waals surface area contributed by atoms with E-state index < -0.39 is 0 Å². The lowest BCUT2D eigenvalue weighted by Crippen LogP contribution is -2.25. The summed E-state index contributed by atoms with van der Waals surface area (Å²) in [6, 6.07) is 11.1. The predicted octanol–water partition coefficient (Wildman–Crippen LogP) is 3.81. The smallest absolute Gasteiger partial charge is 0.126 e. The van der Waals surface area contributed by atoms with Crippen LogP contribution in [0.3, 0.4) is 0 Å². The van der Waals surface area contributed by atoms with Gasteiger partial charge in [0.2, 0.25) is 0 Å². The third-order valence-corrected chi connectivity index (χ3v) is 3.45. The van der Waals surface area contributed by atoms with Gasteiger partial charge in [0.25, 0.3) is 0 Å². The van der Waals surface area contributed by atoms with Crippen LogP contribution >= 0.6 is 0 Å². The molecule has 1 atom stereocenters. The van der Waals surface area contributed by atoms with E-state index >= 15 is 0 Å². The minimum Gasteiger partial charge on any atom is -0.310 e. The Balaban J connectivity index is 2.24. The summed E-state index contributed by atoms with van der Waals surface area (Å²) >= 11 is 0. The molecule has 20 heavy (non-hydrogen) atoms. The average Bonchev–Trinajstić information content (AvgIpc) is 2.46. The average molecular weight is 272 g/mol. The van der Waals surface area contributed by atoms with Crippen molar-refractivity contribution in [1.29, 1.82) is 0 Å². The number of hydrogen-bond donors (Lipinski definition) is 1. The number of hydrogen-bond acceptors (Lipinski definition) is 2. The van der Waals surface area contributed by atoms with E-state index in [2.05, 4.69) is 23.3 Å². The topological polar surface area (TPSA) is 24.9 Å². The minimum absolute atomic E-state index is 0.0977. The Hall–Kier alpha value is -1.74. The van der Waals surface area contributed by atoms with Gasteiger partial charge in [-0.2, -0.15) is 0 Å². The molecule has 0 amide bonds. The quantitative estimate of drug-likeness (QED) is 0.865. The van der Waals surface area contributed by atoms with Crippen LogP contribution in [0.15, 0.2) is 42.6 Å². The number of halogens is 1. The highest BCUT2D eigenvalue weighted by Gasteiger charge is 2.15. The number of rotatable bonds is 6. The van der Waals surface area contributed by atoms with Gasteiger partial charge in [0.15, 0.2) is 0 Å². The second-order valence-corrected chi connectivity index (χ2v) is 4.98. The highest BCUT2D eigenvalue weighted by atomic mass is 19.1. The van der Waals surface area contributed by atoms with Crippen LogP contribution in [0.1, 0.15) is 36.2 Å². The highest BCUT2D eigenvalue weighted by molar-refractivity contribution is 5.26. The molecule has 0 radical (unpaired) electrons. The van der Waals surface area contributed by atoms with E-state index in [0.29, 0.717) is 6.42 Å². The van der Waals surface area contributed by atoms with Crippen LogP contribution in [0.2, 0.25) is 0 Å². The first kappa shape index (κ1) is 14.7. The maximum absolute atomic E-state index is 13.8. The molecule has 2 rings (SSSR count). The van der Waals surface area contributed by atoms with Crippen LogP contribution in [0, 0.1) is 12.7 Å². The first-order valence-corrected chi connectivity index (χ1v) is 7.10. The molecule has 0 spiro atoms. The lowest BCUT2D eigenvalue weighted by molar-refractivity contribution is 0.509. The normalized spacial score (nSPS) is 12.3. The largest absolute Gasteiger partial charge is 0.310 e. The zero-order valence-corrected chi connectivity index (χ0v) is 12.1. The van der Waals surface area contributed by atoms with Crippen LogP contribution in [0.5, 0.6) is 0 Å². The molecule has 0 saturated carbocycles. The predicted molar refractivity (Wildman–Crippen MR) is 80.1 cm³/mol. The molecule has 3 heteroatoms. The summed E-state index contributed by atoms with van der Waals surface area (Å²) in [5, 5.41) is 3.50. The van der Waals surface area contributed by atoms with E-state index in [1.165, 1.54) is 6.07 Å². The molecule has 106 valence electrons. The van der Waals surface area contributed by atoms with Crippen molar-refractivity contribution in [2.24, 2.45) is 0 Å². The molecule has 1 aromatic heterocycles. The molecule has 0 aliphatic heterocycles. The summed E-state index contributed by atoms with van der Waals surface area (Å²) in [4.78, 5) is 4.34. The maximum atomic E-state index is 13.8. The Bertz CT molecular complexity index is 554. The molecule has 0 saturated heterocycles. The van der Waals surface area contributed by atoms with Gasteiger partial charge in [0.05, 0.1) is 0 Å². The number of aromatic nitrogens is 1. The van der Waals surface area contributed by atoms with Crippen molar-refractivity contribution >= 4 is 0 Å². The molecule has 1 N–H and O–H groups in total. The fraction of sp³-hybridized carbons (Fsp3) is 0.353. The van der Waals surface area contributed by atoms with E-state index in [1.807, 2.05) is 25.1 Å². The second kappa shape index (κ2) is 7.15. The minimum atomic E-state index is -0.141. The SMILES string of the molecule is CCCNC(Cc1ccccc1F)c1cccnc1C. The Morgan fingerprint density at radius 2 is 2.00 bits per heavy atom. The van der Waals surface area contributed by atoms with Crippen molar-refractivity contribution in [2.75, 3.05) is 6.54 Å². The van der Waals surface area contributed by atoms with Gasteiger partial charge in [0, 0.05) is 17.9 Å². The summed E-state index contributed by atoms with van der Waals surface area (Å²) in [6.45, 7) is 5.04. The lowest BCUT2D eigenvalue weighted by atomic mass is 9.97. The zero-order valence-electron chi connectivity index (χ0n) is 12.1. The molecule has 0 aliphatic carbocycles. The monoisotopic (exact) mass is 272 g/mol. The van der Waals surface area contributed by atoms with E-state index in [9.17, 15) is 4.39 Å². The first-order chi connectivity index (χ1) is 9.72. The van der Waals surface area contributed by atoms with Crippen molar-refractivity contribution < 1.29 is 4.39 Å². The molecule has 1 heterocycles. The summed E-state index contributed by atoms with van der Waals surface area (Å²) in [5.74, 6) is -0.141. The Kier molecular flexibility index (Phi) is 5.24. The van der Waals surface area contributed by atoms with E-state index in [4.69, 9.17) is 0 Å². The lowest BCUT2D eigenvalue weighted by Gasteiger charge is -2.20. The molecule has 2 nitrogen and oxygen atoms in total. The fourth-order valence-corrected chi connectivity index (χ4v) is 2.36. The number of nitrogens with one attached hydrogen (secondary N) is 1. The Labute approximate surface area is 120 Å². The van der Waals surface area contributed by atoms with Crippen molar-refractivity contribution in [3.05, 3.63) is 65.2 Å². The zero-order chi connectivity index (χ0) is 14.4. The molecule has 1 aromatic carbocycles. The van der Waals surface area contributed by atoms with Crippen molar-refractivity contribution in [1.82, 2.24) is 10.3 Å². The Morgan fingerprint density at radius 1 is 1.20 bits per heavy atom. The summed E-state index contributed by atoms with van der Waals surface area (Å²) < 4.78 is 13.8. The van der Waals surface area contributed by atoms with E-state index in [-0.39, 0.29) is 11.9 Å². The van der Waals surface area contributed by atoms with Crippen molar-refractivity contribution in [2.45, 2.75) is 32.7 Å². The Morgan fingerprint density at radius 3 is 2.70 bits per heavy atom. The van der Waals surface area contributed by atoms with Crippen LogP contribution < -0.4 is 5.32 Å². The molecular formula is C17H21FN2. The van der Waals surface area contributed by atoms with Gasteiger partial charge in [-0.05, 0) is 49.6 Å². The summed E-state index contributed by atoms with van der Waals surface area (Å²) in [6.07, 6.45) is 3.48.